The van der Waals surface area contributed by atoms with Gasteiger partial charge in [0, 0.05) is 17.5 Å². The number of carbonyl (C=O) groups is 2. The molecule has 1 aromatic heterocycles. The van der Waals surface area contributed by atoms with Gasteiger partial charge in [0.2, 0.25) is 0 Å². The Bertz CT molecular complexity index is 1220. The number of hydrogen-bond acceptors (Lipinski definition) is 4. The maximum atomic E-state index is 13.4. The van der Waals surface area contributed by atoms with E-state index in [-0.39, 0.29) is 28.3 Å². The van der Waals surface area contributed by atoms with Crippen LogP contribution in [0.3, 0.4) is 0 Å². The van der Waals surface area contributed by atoms with Gasteiger partial charge in [-0.15, -0.1) is 0 Å². The van der Waals surface area contributed by atoms with E-state index in [1.165, 1.54) is 23.9 Å². The summed E-state index contributed by atoms with van der Waals surface area (Å²) < 4.78 is 41.5. The first kappa shape index (κ1) is 20.5. The molecule has 2 heterocycles. The molecule has 1 fully saturated rings. The highest BCUT2D eigenvalue weighted by Gasteiger charge is 2.34. The smallest absolute Gasteiger partial charge is 0.272 e. The molecule has 5 nitrogen and oxygen atoms in total. The van der Waals surface area contributed by atoms with E-state index in [0.717, 1.165) is 22.7 Å². The highest BCUT2D eigenvalue weighted by Crippen LogP contribution is 2.35. The van der Waals surface area contributed by atoms with Crippen molar-refractivity contribution in [3.8, 4) is 0 Å². The molecular weight excluding hydrogens is 439 g/mol. The van der Waals surface area contributed by atoms with E-state index in [4.69, 9.17) is 11.6 Å². The standard InChI is InChI=1S/C20H13ClF3N3O2S/c1-26-18(28)17(30-19(26)29)7-11-2-5-16-13(6-11)9-25-27(16)10-12-3-4-14(21)8-15(12)20(22,23)24/h2-9H,10H2,1H3/b17-7-. The van der Waals surface area contributed by atoms with E-state index in [1.54, 1.807) is 30.5 Å². The quantitative estimate of drug-likeness (QED) is 0.499. The predicted octanol–water partition coefficient (Wildman–Crippen LogP) is 5.42. The molecule has 0 saturated carbocycles. The largest absolute Gasteiger partial charge is 0.416 e. The van der Waals surface area contributed by atoms with Gasteiger partial charge < -0.3 is 0 Å². The van der Waals surface area contributed by atoms with Crippen molar-refractivity contribution in [2.24, 2.45) is 0 Å². The van der Waals surface area contributed by atoms with Gasteiger partial charge in [0.05, 0.1) is 28.7 Å². The molecule has 4 rings (SSSR count). The fourth-order valence-electron chi connectivity index (χ4n) is 3.13. The fourth-order valence-corrected chi connectivity index (χ4v) is 4.13. The normalized spacial score (nSPS) is 16.3. The van der Waals surface area contributed by atoms with Gasteiger partial charge in [-0.2, -0.15) is 18.3 Å². The van der Waals surface area contributed by atoms with Crippen molar-refractivity contribution in [3.63, 3.8) is 0 Å². The molecule has 1 aliphatic heterocycles. The first-order chi connectivity index (χ1) is 14.1. The number of hydrogen-bond donors (Lipinski definition) is 0. The highest BCUT2D eigenvalue weighted by molar-refractivity contribution is 8.18. The molecule has 0 bridgehead atoms. The van der Waals surface area contributed by atoms with E-state index in [9.17, 15) is 22.8 Å². The maximum Gasteiger partial charge on any atom is 0.416 e. The first-order valence-corrected chi connectivity index (χ1v) is 9.85. The van der Waals surface area contributed by atoms with E-state index in [0.29, 0.717) is 21.4 Å². The number of nitrogens with zero attached hydrogens (tertiary/aromatic N) is 3. The molecule has 0 N–H and O–H groups in total. The molecule has 0 aliphatic carbocycles. The van der Waals surface area contributed by atoms with Gasteiger partial charge in [-0.3, -0.25) is 19.2 Å². The van der Waals surface area contributed by atoms with Crippen LogP contribution in [-0.2, 0) is 17.5 Å². The lowest BCUT2D eigenvalue weighted by Crippen LogP contribution is -2.22. The zero-order valence-electron chi connectivity index (χ0n) is 15.4. The lowest BCUT2D eigenvalue weighted by molar-refractivity contribution is -0.138. The zero-order chi connectivity index (χ0) is 21.6. The number of amides is 2. The third-order valence-corrected chi connectivity index (χ3v) is 5.84. The number of aromatic nitrogens is 2. The van der Waals surface area contributed by atoms with Gasteiger partial charge in [0.25, 0.3) is 11.1 Å². The monoisotopic (exact) mass is 451 g/mol. The Hall–Kier alpha value is -2.78. The summed E-state index contributed by atoms with van der Waals surface area (Å²) in [6.45, 7) is -0.0798. The Balaban J connectivity index is 1.66. The molecule has 0 radical (unpaired) electrons. The molecule has 30 heavy (non-hydrogen) atoms. The molecular formula is C20H13ClF3N3O2S. The maximum absolute atomic E-state index is 13.4. The summed E-state index contributed by atoms with van der Waals surface area (Å²) in [4.78, 5) is 25.0. The minimum Gasteiger partial charge on any atom is -0.272 e. The summed E-state index contributed by atoms with van der Waals surface area (Å²) in [5, 5.41) is 4.57. The van der Waals surface area contributed by atoms with Crippen LogP contribution in [0.4, 0.5) is 18.0 Å². The number of thioether (sulfide) groups is 1. The minimum atomic E-state index is -4.53. The number of alkyl halides is 3. The molecule has 0 unspecified atom stereocenters. The number of halogens is 4. The second kappa shape index (κ2) is 7.48. The minimum absolute atomic E-state index is 0.0116. The van der Waals surface area contributed by atoms with Gasteiger partial charge >= 0.3 is 6.18 Å². The number of likely N-dealkylation sites (N-methyl/N-ethyl adjacent to an activating group) is 1. The van der Waals surface area contributed by atoms with E-state index in [1.807, 2.05) is 0 Å². The third-order valence-electron chi connectivity index (χ3n) is 4.65. The average molecular weight is 452 g/mol. The van der Waals surface area contributed by atoms with Gasteiger partial charge in [-0.25, -0.2) is 0 Å². The van der Waals surface area contributed by atoms with Crippen molar-refractivity contribution in [1.29, 1.82) is 0 Å². The van der Waals surface area contributed by atoms with Crippen LogP contribution in [0.2, 0.25) is 5.02 Å². The van der Waals surface area contributed by atoms with Crippen LogP contribution in [0.1, 0.15) is 16.7 Å². The Kier molecular flexibility index (Phi) is 5.11. The van der Waals surface area contributed by atoms with Crippen LogP contribution >= 0.6 is 23.4 Å². The van der Waals surface area contributed by atoms with Gasteiger partial charge in [0.1, 0.15) is 0 Å². The summed E-state index contributed by atoms with van der Waals surface area (Å²) >= 11 is 6.59. The summed E-state index contributed by atoms with van der Waals surface area (Å²) in [5.41, 5.74) is 0.574. The zero-order valence-corrected chi connectivity index (χ0v) is 17.0. The molecule has 1 saturated heterocycles. The van der Waals surface area contributed by atoms with Crippen molar-refractivity contribution < 1.29 is 22.8 Å². The number of benzene rings is 2. The first-order valence-electron chi connectivity index (χ1n) is 8.66. The Morgan fingerprint density at radius 3 is 2.60 bits per heavy atom. The van der Waals surface area contributed by atoms with Crippen LogP contribution < -0.4 is 0 Å². The summed E-state index contributed by atoms with van der Waals surface area (Å²) in [5.74, 6) is -0.372. The van der Waals surface area contributed by atoms with Crippen LogP contribution in [-0.4, -0.2) is 32.9 Å². The number of carbonyl (C=O) groups excluding carboxylic acids is 2. The molecule has 10 heteroatoms. The van der Waals surface area contributed by atoms with E-state index >= 15 is 0 Å². The van der Waals surface area contributed by atoms with Crippen LogP contribution in [0, 0.1) is 0 Å². The van der Waals surface area contributed by atoms with Crippen LogP contribution in [0.5, 0.6) is 0 Å². The van der Waals surface area contributed by atoms with Crippen molar-refractivity contribution in [2.75, 3.05) is 7.05 Å². The number of rotatable bonds is 3. The van der Waals surface area contributed by atoms with Gasteiger partial charge in [0.15, 0.2) is 0 Å². The third kappa shape index (κ3) is 3.82. The molecule has 154 valence electrons. The van der Waals surface area contributed by atoms with Crippen molar-refractivity contribution in [3.05, 3.63) is 69.2 Å². The second-order valence-corrected chi connectivity index (χ2v) is 8.09. The lowest BCUT2D eigenvalue weighted by Gasteiger charge is -2.14. The van der Waals surface area contributed by atoms with Crippen LogP contribution in [0.25, 0.3) is 17.0 Å². The second-order valence-electron chi connectivity index (χ2n) is 6.66. The Morgan fingerprint density at radius 2 is 1.93 bits per heavy atom. The number of fused-ring (bicyclic) bond motifs is 1. The Labute approximate surface area is 178 Å². The number of imide groups is 1. The fraction of sp³-hybridized carbons (Fsp3) is 0.150. The van der Waals surface area contributed by atoms with Crippen molar-refractivity contribution >= 4 is 51.5 Å². The molecule has 1 aliphatic rings. The highest BCUT2D eigenvalue weighted by atomic mass is 35.5. The van der Waals surface area contributed by atoms with Crippen molar-refractivity contribution in [1.82, 2.24) is 14.7 Å². The topological polar surface area (TPSA) is 55.2 Å². The average Bonchev–Trinajstić information content (AvgIpc) is 3.18. The van der Waals surface area contributed by atoms with Gasteiger partial charge in [-0.1, -0.05) is 23.7 Å². The molecule has 2 amide bonds. The molecule has 0 atom stereocenters. The summed E-state index contributed by atoms with van der Waals surface area (Å²) in [6, 6.07) is 8.85. The van der Waals surface area contributed by atoms with Crippen molar-refractivity contribution in [2.45, 2.75) is 12.7 Å². The Morgan fingerprint density at radius 1 is 1.17 bits per heavy atom. The SMILES string of the molecule is CN1C(=O)S/C(=C\c2ccc3c(cnn3Cc3ccc(Cl)cc3C(F)(F)F)c2)C1=O. The van der Waals surface area contributed by atoms with E-state index in [2.05, 4.69) is 5.10 Å². The van der Waals surface area contributed by atoms with Crippen LogP contribution in [0.15, 0.2) is 47.5 Å². The molecule has 2 aromatic carbocycles. The predicted molar refractivity (Wildman–Crippen MR) is 109 cm³/mol. The summed E-state index contributed by atoms with van der Waals surface area (Å²) in [6.07, 6.45) is -1.38. The molecule has 3 aromatic rings. The van der Waals surface area contributed by atoms with E-state index < -0.39 is 11.7 Å². The molecule has 0 spiro atoms. The lowest BCUT2D eigenvalue weighted by atomic mass is 10.1. The summed E-state index contributed by atoms with van der Waals surface area (Å²) in [7, 11) is 1.41. The van der Waals surface area contributed by atoms with Gasteiger partial charge in [-0.05, 0) is 53.2 Å².